The molecule has 2 rings (SSSR count). The van der Waals surface area contributed by atoms with Gasteiger partial charge in [-0.15, -0.1) is 0 Å². The van der Waals surface area contributed by atoms with Gasteiger partial charge in [0.25, 0.3) is 0 Å². The highest BCUT2D eigenvalue weighted by atomic mass is 16.5. The molecule has 2 N–H and O–H groups in total. The van der Waals surface area contributed by atoms with Crippen LogP contribution in [-0.2, 0) is 0 Å². The summed E-state index contributed by atoms with van der Waals surface area (Å²) in [7, 11) is 0. The van der Waals surface area contributed by atoms with Gasteiger partial charge in [-0.05, 0) is 24.3 Å². The second-order valence-electron chi connectivity index (χ2n) is 3.14. The molecule has 1 aromatic carbocycles. The summed E-state index contributed by atoms with van der Waals surface area (Å²) in [6.07, 6.45) is 1.57. The van der Waals surface area contributed by atoms with Gasteiger partial charge in [-0.2, -0.15) is 5.26 Å². The molecule has 1 aromatic heterocycles. The Bertz CT molecular complexity index is 546. The molecule has 0 amide bonds. The first-order chi connectivity index (χ1) is 7.79. The van der Waals surface area contributed by atoms with Crippen LogP contribution in [0.15, 0.2) is 42.6 Å². The summed E-state index contributed by atoms with van der Waals surface area (Å²) in [5.74, 6) is 0.853. The van der Waals surface area contributed by atoms with Gasteiger partial charge in [-0.25, -0.2) is 4.98 Å². The van der Waals surface area contributed by atoms with Crippen LogP contribution in [0.5, 0.6) is 11.6 Å². The van der Waals surface area contributed by atoms with Gasteiger partial charge in [-0.1, -0.05) is 6.07 Å². The van der Waals surface area contributed by atoms with Crippen LogP contribution in [0, 0.1) is 11.3 Å². The predicted molar refractivity (Wildman–Crippen MR) is 59.9 cm³/mol. The largest absolute Gasteiger partial charge is 0.438 e. The van der Waals surface area contributed by atoms with Gasteiger partial charge in [0, 0.05) is 18.0 Å². The van der Waals surface area contributed by atoms with Gasteiger partial charge in [0.15, 0.2) is 0 Å². The van der Waals surface area contributed by atoms with Crippen molar-refractivity contribution in [1.82, 2.24) is 4.98 Å². The molecule has 0 saturated heterocycles. The van der Waals surface area contributed by atoms with Crippen LogP contribution in [0.4, 0.5) is 5.69 Å². The first kappa shape index (κ1) is 9.99. The van der Waals surface area contributed by atoms with Crippen molar-refractivity contribution in [2.24, 2.45) is 0 Å². The molecular weight excluding hydrogens is 202 g/mol. The van der Waals surface area contributed by atoms with Gasteiger partial charge >= 0.3 is 0 Å². The Hall–Kier alpha value is -2.54. The Morgan fingerprint density at radius 2 is 2.12 bits per heavy atom. The van der Waals surface area contributed by atoms with Crippen molar-refractivity contribution in [3.8, 4) is 17.7 Å². The van der Waals surface area contributed by atoms with Crippen LogP contribution in [0.2, 0.25) is 0 Å². The molecule has 0 atom stereocenters. The fraction of sp³-hybridized carbons (Fsp3) is 0. The molecule has 0 bridgehead atoms. The lowest BCUT2D eigenvalue weighted by atomic mass is 10.3. The van der Waals surface area contributed by atoms with Gasteiger partial charge in [-0.3, -0.25) is 0 Å². The summed E-state index contributed by atoms with van der Waals surface area (Å²) in [5, 5.41) is 8.86. The van der Waals surface area contributed by atoms with Gasteiger partial charge in [0.05, 0.1) is 0 Å². The zero-order valence-corrected chi connectivity index (χ0v) is 8.42. The lowest BCUT2D eigenvalue weighted by molar-refractivity contribution is 0.461. The van der Waals surface area contributed by atoms with Crippen LogP contribution < -0.4 is 10.5 Å². The molecule has 4 nitrogen and oxygen atoms in total. The van der Waals surface area contributed by atoms with Crippen LogP contribution in [0.1, 0.15) is 5.56 Å². The van der Waals surface area contributed by atoms with Crippen LogP contribution >= 0.6 is 0 Å². The minimum Gasteiger partial charge on any atom is -0.438 e. The average Bonchev–Trinajstić information content (AvgIpc) is 2.30. The second kappa shape index (κ2) is 4.32. The molecule has 0 radical (unpaired) electrons. The fourth-order valence-corrected chi connectivity index (χ4v) is 1.25. The van der Waals surface area contributed by atoms with E-state index in [-0.39, 0.29) is 5.88 Å². The number of aromatic nitrogens is 1. The Balaban J connectivity index is 2.31. The molecule has 16 heavy (non-hydrogen) atoms. The number of benzene rings is 1. The van der Waals surface area contributed by atoms with Crippen LogP contribution in [0.25, 0.3) is 0 Å². The predicted octanol–water partition coefficient (Wildman–Crippen LogP) is 2.33. The number of nitrogens with two attached hydrogens (primary N) is 1. The number of hydrogen-bond donors (Lipinski definition) is 1. The molecule has 0 fully saturated rings. The van der Waals surface area contributed by atoms with Gasteiger partial charge in [0.2, 0.25) is 5.88 Å². The molecule has 1 heterocycles. The average molecular weight is 211 g/mol. The molecule has 4 heteroatoms. The van der Waals surface area contributed by atoms with E-state index in [1.165, 1.54) is 0 Å². The van der Waals surface area contributed by atoms with Crippen LogP contribution in [-0.4, -0.2) is 4.98 Å². The maximum Gasteiger partial charge on any atom is 0.237 e. The summed E-state index contributed by atoms with van der Waals surface area (Å²) in [5.41, 5.74) is 6.61. The third-order valence-electron chi connectivity index (χ3n) is 1.96. The quantitative estimate of drug-likeness (QED) is 0.774. The molecule has 0 saturated carbocycles. The third-order valence-corrected chi connectivity index (χ3v) is 1.96. The van der Waals surface area contributed by atoms with Crippen molar-refractivity contribution in [1.29, 1.82) is 5.26 Å². The number of pyridine rings is 1. The van der Waals surface area contributed by atoms with E-state index in [0.717, 1.165) is 0 Å². The van der Waals surface area contributed by atoms with Crippen molar-refractivity contribution in [3.63, 3.8) is 0 Å². The summed E-state index contributed by atoms with van der Waals surface area (Å²) in [6, 6.07) is 12.3. The molecule has 0 aliphatic heterocycles. The van der Waals surface area contributed by atoms with E-state index in [0.29, 0.717) is 17.0 Å². The van der Waals surface area contributed by atoms with Gasteiger partial charge < -0.3 is 10.5 Å². The van der Waals surface area contributed by atoms with E-state index in [9.17, 15) is 0 Å². The molecule has 0 aliphatic carbocycles. The van der Waals surface area contributed by atoms with E-state index in [2.05, 4.69) is 4.98 Å². The first-order valence-electron chi connectivity index (χ1n) is 4.68. The van der Waals surface area contributed by atoms with E-state index < -0.39 is 0 Å². The third kappa shape index (κ3) is 2.10. The minimum atomic E-state index is 0.288. The fourth-order valence-electron chi connectivity index (χ4n) is 1.25. The molecule has 78 valence electrons. The van der Waals surface area contributed by atoms with E-state index >= 15 is 0 Å². The number of rotatable bonds is 2. The Kier molecular flexibility index (Phi) is 2.70. The number of nitriles is 1. The van der Waals surface area contributed by atoms with Crippen molar-refractivity contribution >= 4 is 5.69 Å². The smallest absolute Gasteiger partial charge is 0.237 e. The summed E-state index contributed by atoms with van der Waals surface area (Å²) < 4.78 is 5.47. The van der Waals surface area contributed by atoms with Crippen molar-refractivity contribution in [2.45, 2.75) is 0 Å². The minimum absolute atomic E-state index is 0.288. The van der Waals surface area contributed by atoms with Crippen molar-refractivity contribution < 1.29 is 4.74 Å². The molecular formula is C12H9N3O. The lowest BCUT2D eigenvalue weighted by Crippen LogP contribution is -1.92. The molecule has 0 unspecified atom stereocenters. The van der Waals surface area contributed by atoms with E-state index in [4.69, 9.17) is 15.7 Å². The van der Waals surface area contributed by atoms with E-state index in [1.807, 2.05) is 6.07 Å². The number of anilines is 1. The highest BCUT2D eigenvalue weighted by Gasteiger charge is 2.04. The van der Waals surface area contributed by atoms with Crippen molar-refractivity contribution in [2.75, 3.05) is 5.73 Å². The number of ether oxygens (including phenoxy) is 1. The molecule has 2 aromatic rings. The standard InChI is InChI=1S/C12H9N3O/c13-8-9-3-2-6-15-12(9)16-11-5-1-4-10(14)7-11/h1-7H,14H2. The molecule has 0 aliphatic rings. The Labute approximate surface area is 92.9 Å². The zero-order chi connectivity index (χ0) is 11.4. The number of nitrogens with zero attached hydrogens (tertiary/aromatic N) is 2. The topological polar surface area (TPSA) is 71.9 Å². The first-order valence-corrected chi connectivity index (χ1v) is 4.68. The zero-order valence-electron chi connectivity index (χ0n) is 8.42. The normalized spacial score (nSPS) is 9.44. The maximum atomic E-state index is 8.86. The number of nitrogen functional groups attached to an aromatic ring is 1. The number of hydrogen-bond acceptors (Lipinski definition) is 4. The van der Waals surface area contributed by atoms with Crippen molar-refractivity contribution in [3.05, 3.63) is 48.2 Å². The van der Waals surface area contributed by atoms with Gasteiger partial charge in [0.1, 0.15) is 17.4 Å². The lowest BCUT2D eigenvalue weighted by Gasteiger charge is -2.05. The summed E-state index contributed by atoms with van der Waals surface area (Å²) in [4.78, 5) is 3.99. The monoisotopic (exact) mass is 211 g/mol. The molecule has 0 spiro atoms. The van der Waals surface area contributed by atoms with Crippen LogP contribution in [0.3, 0.4) is 0 Å². The second-order valence-corrected chi connectivity index (χ2v) is 3.14. The Morgan fingerprint density at radius 1 is 1.25 bits per heavy atom. The highest BCUT2D eigenvalue weighted by Crippen LogP contribution is 2.23. The summed E-state index contributed by atoms with van der Waals surface area (Å²) in [6.45, 7) is 0. The highest BCUT2D eigenvalue weighted by molar-refractivity contribution is 5.46. The SMILES string of the molecule is N#Cc1cccnc1Oc1cccc(N)c1. The Morgan fingerprint density at radius 3 is 2.88 bits per heavy atom. The maximum absolute atomic E-state index is 8.86. The van der Waals surface area contributed by atoms with E-state index in [1.54, 1.807) is 42.6 Å². The summed E-state index contributed by atoms with van der Waals surface area (Å²) >= 11 is 0.